The van der Waals surface area contributed by atoms with Crippen molar-refractivity contribution in [1.29, 1.82) is 5.26 Å². The van der Waals surface area contributed by atoms with Crippen molar-refractivity contribution in [1.82, 2.24) is 9.97 Å². The van der Waals surface area contributed by atoms with E-state index in [-0.39, 0.29) is 0 Å². The molecule has 0 bridgehead atoms. The van der Waals surface area contributed by atoms with Crippen molar-refractivity contribution in [3.63, 3.8) is 0 Å². The molecule has 25 heavy (non-hydrogen) atoms. The summed E-state index contributed by atoms with van der Waals surface area (Å²) in [4.78, 5) is 21.9. The molecule has 0 aliphatic carbocycles. The standard InChI is InChI=1S/C17H10Br2N4OS/c18-12-3-4-13(21-8-12)9-23(14-5-1-11(7-20)2-6-14)17-22-15(10-24)16(19)25-17/h1-6,8,10H,9H2. The normalized spacial score (nSPS) is 10.3. The Morgan fingerprint density at radius 2 is 1.96 bits per heavy atom. The highest BCUT2D eigenvalue weighted by Gasteiger charge is 2.17. The molecule has 8 heteroatoms. The molecular formula is C17H10Br2N4OS. The number of pyridine rings is 1. The Bertz CT molecular complexity index is 933. The van der Waals surface area contributed by atoms with Gasteiger partial charge in [0.25, 0.3) is 0 Å². The first kappa shape index (κ1) is 17.7. The minimum absolute atomic E-state index is 0.363. The number of carbonyl (C=O) groups excluding carboxylic acids is 1. The summed E-state index contributed by atoms with van der Waals surface area (Å²) in [6, 6.07) is 13.2. The smallest absolute Gasteiger partial charge is 0.191 e. The summed E-state index contributed by atoms with van der Waals surface area (Å²) in [5.41, 5.74) is 2.66. The third kappa shape index (κ3) is 4.12. The maximum atomic E-state index is 11.1. The molecule has 3 aromatic rings. The van der Waals surface area contributed by atoms with Gasteiger partial charge in [0, 0.05) is 16.4 Å². The van der Waals surface area contributed by atoms with Gasteiger partial charge in [-0.2, -0.15) is 5.26 Å². The number of hydrogen-bond acceptors (Lipinski definition) is 6. The number of nitriles is 1. The van der Waals surface area contributed by atoms with Crippen molar-refractivity contribution >= 4 is 60.3 Å². The number of aromatic nitrogens is 2. The van der Waals surface area contributed by atoms with Gasteiger partial charge in [-0.15, -0.1) is 0 Å². The number of halogens is 2. The highest BCUT2D eigenvalue weighted by Crippen LogP contribution is 2.35. The van der Waals surface area contributed by atoms with Crippen LogP contribution < -0.4 is 4.90 Å². The molecule has 2 heterocycles. The van der Waals surface area contributed by atoms with Gasteiger partial charge in [0.1, 0.15) is 9.48 Å². The summed E-state index contributed by atoms with van der Waals surface area (Å²) < 4.78 is 1.58. The second kappa shape index (κ2) is 7.87. The predicted octanol–water partition coefficient (Wildman–Crippen LogP) is 5.09. The van der Waals surface area contributed by atoms with E-state index in [2.05, 4.69) is 47.9 Å². The average Bonchev–Trinajstić information content (AvgIpc) is 3.02. The molecule has 1 aromatic carbocycles. The summed E-state index contributed by atoms with van der Waals surface area (Å²) in [5, 5.41) is 9.65. The Morgan fingerprint density at radius 1 is 1.20 bits per heavy atom. The van der Waals surface area contributed by atoms with E-state index >= 15 is 0 Å². The van der Waals surface area contributed by atoms with Crippen LogP contribution in [0.25, 0.3) is 0 Å². The van der Waals surface area contributed by atoms with E-state index in [1.807, 2.05) is 29.2 Å². The van der Waals surface area contributed by atoms with Crippen molar-refractivity contribution in [3.05, 3.63) is 67.8 Å². The number of aldehydes is 1. The van der Waals surface area contributed by atoms with Gasteiger partial charge in [0.15, 0.2) is 11.4 Å². The zero-order valence-corrected chi connectivity index (χ0v) is 16.7. The SMILES string of the molecule is N#Cc1ccc(N(Cc2ccc(Br)cn2)c2nc(C=O)c(Br)s2)cc1. The van der Waals surface area contributed by atoms with Gasteiger partial charge >= 0.3 is 0 Å². The van der Waals surface area contributed by atoms with Crippen molar-refractivity contribution in [2.75, 3.05) is 4.90 Å². The van der Waals surface area contributed by atoms with E-state index < -0.39 is 0 Å². The minimum Gasteiger partial charge on any atom is -0.312 e. The van der Waals surface area contributed by atoms with E-state index in [1.165, 1.54) is 11.3 Å². The quantitative estimate of drug-likeness (QED) is 0.479. The van der Waals surface area contributed by atoms with Crippen LogP contribution in [-0.2, 0) is 6.54 Å². The van der Waals surface area contributed by atoms with Gasteiger partial charge in [-0.3, -0.25) is 9.78 Å². The topological polar surface area (TPSA) is 69.9 Å². The lowest BCUT2D eigenvalue weighted by Crippen LogP contribution is -2.17. The molecule has 2 aromatic heterocycles. The van der Waals surface area contributed by atoms with Crippen molar-refractivity contribution in [2.45, 2.75) is 6.54 Å². The van der Waals surface area contributed by atoms with Crippen LogP contribution >= 0.6 is 43.2 Å². The Kier molecular flexibility index (Phi) is 5.58. The molecule has 0 radical (unpaired) electrons. The summed E-state index contributed by atoms with van der Waals surface area (Å²) in [6.07, 6.45) is 2.46. The molecule has 5 nitrogen and oxygen atoms in total. The van der Waals surface area contributed by atoms with Crippen LogP contribution in [0.3, 0.4) is 0 Å². The van der Waals surface area contributed by atoms with Gasteiger partial charge in [-0.25, -0.2) is 4.98 Å². The molecule has 0 saturated heterocycles. The molecule has 0 amide bonds. The third-order valence-electron chi connectivity index (χ3n) is 3.36. The molecule has 0 fully saturated rings. The van der Waals surface area contributed by atoms with Crippen molar-refractivity contribution in [2.24, 2.45) is 0 Å². The molecule has 0 atom stereocenters. The molecular weight excluding hydrogens is 468 g/mol. The highest BCUT2D eigenvalue weighted by molar-refractivity contribution is 9.11. The number of hydrogen-bond donors (Lipinski definition) is 0. The number of nitrogens with zero attached hydrogens (tertiary/aromatic N) is 4. The number of anilines is 2. The van der Waals surface area contributed by atoms with Crippen LogP contribution in [0.15, 0.2) is 50.9 Å². The van der Waals surface area contributed by atoms with Crippen LogP contribution in [0.4, 0.5) is 10.8 Å². The molecule has 0 N–H and O–H groups in total. The van der Waals surface area contributed by atoms with Gasteiger partial charge < -0.3 is 4.90 Å². The second-order valence-electron chi connectivity index (χ2n) is 4.99. The van der Waals surface area contributed by atoms with Crippen LogP contribution in [0.1, 0.15) is 21.7 Å². The lowest BCUT2D eigenvalue weighted by Gasteiger charge is -2.21. The minimum atomic E-state index is 0.363. The Balaban J connectivity index is 2.01. The van der Waals surface area contributed by atoms with E-state index in [4.69, 9.17) is 5.26 Å². The van der Waals surface area contributed by atoms with E-state index in [1.54, 1.807) is 18.3 Å². The first-order chi connectivity index (χ1) is 12.1. The zero-order valence-electron chi connectivity index (χ0n) is 12.7. The third-order valence-corrected chi connectivity index (χ3v) is 5.60. The monoisotopic (exact) mass is 476 g/mol. The maximum absolute atomic E-state index is 11.1. The first-order valence-electron chi connectivity index (χ1n) is 7.10. The number of carbonyl (C=O) groups is 1. The van der Waals surface area contributed by atoms with Crippen LogP contribution in [0.5, 0.6) is 0 Å². The van der Waals surface area contributed by atoms with Crippen molar-refractivity contribution in [3.8, 4) is 6.07 Å². The number of benzene rings is 1. The molecule has 0 unspecified atom stereocenters. The summed E-state index contributed by atoms with van der Waals surface area (Å²) in [5.74, 6) is 0. The van der Waals surface area contributed by atoms with Crippen LogP contribution in [-0.4, -0.2) is 16.3 Å². The van der Waals surface area contributed by atoms with Crippen LogP contribution in [0, 0.1) is 11.3 Å². The number of rotatable bonds is 5. The summed E-state index contributed by atoms with van der Waals surface area (Å²) >= 11 is 8.12. The zero-order chi connectivity index (χ0) is 17.8. The lowest BCUT2D eigenvalue weighted by molar-refractivity contribution is 0.111. The molecule has 0 aliphatic rings. The van der Waals surface area contributed by atoms with Crippen molar-refractivity contribution < 1.29 is 4.79 Å². The molecule has 0 aliphatic heterocycles. The molecule has 0 saturated carbocycles. The highest BCUT2D eigenvalue weighted by atomic mass is 79.9. The van der Waals surface area contributed by atoms with E-state index in [0.29, 0.717) is 26.7 Å². The fraction of sp³-hybridized carbons (Fsp3) is 0.0588. The lowest BCUT2D eigenvalue weighted by atomic mass is 10.2. The van der Waals surface area contributed by atoms with Gasteiger partial charge in [0.05, 0.1) is 23.9 Å². The van der Waals surface area contributed by atoms with Crippen LogP contribution in [0.2, 0.25) is 0 Å². The fourth-order valence-electron chi connectivity index (χ4n) is 2.14. The Morgan fingerprint density at radius 3 is 2.52 bits per heavy atom. The predicted molar refractivity (Wildman–Crippen MR) is 104 cm³/mol. The van der Waals surface area contributed by atoms with E-state index in [9.17, 15) is 4.79 Å². The van der Waals surface area contributed by atoms with Gasteiger partial charge in [-0.05, 0) is 68.3 Å². The molecule has 124 valence electrons. The fourth-order valence-corrected chi connectivity index (χ4v) is 3.77. The number of thiazole rings is 1. The Labute approximate surface area is 165 Å². The largest absolute Gasteiger partial charge is 0.312 e. The van der Waals surface area contributed by atoms with Gasteiger partial charge in [0.2, 0.25) is 0 Å². The van der Waals surface area contributed by atoms with E-state index in [0.717, 1.165) is 22.1 Å². The maximum Gasteiger partial charge on any atom is 0.191 e. The molecule has 0 spiro atoms. The summed E-state index contributed by atoms with van der Waals surface area (Å²) in [7, 11) is 0. The van der Waals surface area contributed by atoms with Gasteiger partial charge in [-0.1, -0.05) is 11.3 Å². The Hall–Kier alpha value is -2.08. The second-order valence-corrected chi connectivity index (χ2v) is 8.20. The average molecular weight is 478 g/mol. The summed E-state index contributed by atoms with van der Waals surface area (Å²) in [6.45, 7) is 0.484. The molecule has 3 rings (SSSR count). The first-order valence-corrected chi connectivity index (χ1v) is 9.50.